The molecule has 2 rings (SSSR count). The highest BCUT2D eigenvalue weighted by Gasteiger charge is 2.09. The van der Waals surface area contributed by atoms with Crippen molar-refractivity contribution in [1.82, 2.24) is 4.98 Å². The summed E-state index contributed by atoms with van der Waals surface area (Å²) in [5.74, 6) is 1.12. The lowest BCUT2D eigenvalue weighted by Gasteiger charge is -2.26. The molecular weight excluding hydrogens is 260 g/mol. The van der Waals surface area contributed by atoms with Gasteiger partial charge in [-0.1, -0.05) is 30.0 Å². The molecule has 0 radical (unpaired) electrons. The van der Waals surface area contributed by atoms with Crippen molar-refractivity contribution in [3.63, 3.8) is 0 Å². The Hall–Kier alpha value is -1.00. The van der Waals surface area contributed by atoms with Gasteiger partial charge in [-0.3, -0.25) is 0 Å². The van der Waals surface area contributed by atoms with Crippen molar-refractivity contribution in [1.29, 1.82) is 0 Å². The van der Waals surface area contributed by atoms with Crippen LogP contribution < -0.4 is 4.90 Å². The summed E-state index contributed by atoms with van der Waals surface area (Å²) in [6.07, 6.45) is 3.03. The van der Waals surface area contributed by atoms with Gasteiger partial charge in [-0.25, -0.2) is 4.98 Å². The molecule has 1 aromatic carbocycles. The van der Waals surface area contributed by atoms with E-state index >= 15 is 0 Å². The molecule has 2 aromatic rings. The molecule has 1 heterocycles. The van der Waals surface area contributed by atoms with Crippen LogP contribution in [0.5, 0.6) is 0 Å². The molecule has 4 heteroatoms. The zero-order chi connectivity index (χ0) is 12.8. The Morgan fingerprint density at radius 3 is 2.78 bits per heavy atom. The van der Waals surface area contributed by atoms with Gasteiger partial charge in [0.15, 0.2) is 0 Å². The second-order valence-corrected chi connectivity index (χ2v) is 6.47. The number of thioether (sulfide) groups is 1. The number of nitrogens with zero attached hydrogens (tertiary/aromatic N) is 2. The van der Waals surface area contributed by atoms with E-state index in [1.165, 1.54) is 10.0 Å². The highest BCUT2D eigenvalue weighted by atomic mass is 32.2. The summed E-state index contributed by atoms with van der Waals surface area (Å²) in [6, 6.07) is 11.1. The largest absolute Gasteiger partial charge is 0.372 e. The SMILES string of the molecule is CC(CCSc1nccs1)N(C)c1ccccc1. The summed E-state index contributed by atoms with van der Waals surface area (Å²) in [6.45, 7) is 2.27. The monoisotopic (exact) mass is 278 g/mol. The Balaban J connectivity index is 1.79. The molecule has 1 atom stereocenters. The Morgan fingerprint density at radius 2 is 2.11 bits per heavy atom. The maximum atomic E-state index is 4.28. The van der Waals surface area contributed by atoms with Crippen LogP contribution in [0, 0.1) is 0 Å². The third-order valence-electron chi connectivity index (χ3n) is 3.00. The number of hydrogen-bond acceptors (Lipinski definition) is 4. The van der Waals surface area contributed by atoms with Gasteiger partial charge in [-0.2, -0.15) is 0 Å². The summed E-state index contributed by atoms with van der Waals surface area (Å²) in [5.41, 5.74) is 1.28. The normalized spacial score (nSPS) is 12.3. The first kappa shape index (κ1) is 13.4. The first-order valence-corrected chi connectivity index (χ1v) is 7.94. The number of aromatic nitrogens is 1. The van der Waals surface area contributed by atoms with E-state index < -0.39 is 0 Å². The van der Waals surface area contributed by atoms with Crippen molar-refractivity contribution >= 4 is 28.8 Å². The van der Waals surface area contributed by atoms with E-state index in [9.17, 15) is 0 Å². The van der Waals surface area contributed by atoms with Crippen LogP contribution in [0.3, 0.4) is 0 Å². The van der Waals surface area contributed by atoms with Gasteiger partial charge in [0.2, 0.25) is 0 Å². The van der Waals surface area contributed by atoms with E-state index in [-0.39, 0.29) is 0 Å². The molecule has 2 nitrogen and oxygen atoms in total. The molecule has 0 N–H and O–H groups in total. The summed E-state index contributed by atoms with van der Waals surface area (Å²) in [5, 5.41) is 2.03. The van der Waals surface area contributed by atoms with Crippen LogP contribution in [0.2, 0.25) is 0 Å². The molecular formula is C14H18N2S2. The predicted molar refractivity (Wildman–Crippen MR) is 81.8 cm³/mol. The van der Waals surface area contributed by atoms with Crippen molar-refractivity contribution in [2.24, 2.45) is 0 Å². The average Bonchev–Trinajstić information content (AvgIpc) is 2.92. The van der Waals surface area contributed by atoms with Crippen LogP contribution in [-0.4, -0.2) is 23.8 Å². The third kappa shape index (κ3) is 3.75. The molecule has 96 valence electrons. The van der Waals surface area contributed by atoms with E-state index in [4.69, 9.17) is 0 Å². The molecule has 0 spiro atoms. The van der Waals surface area contributed by atoms with Gasteiger partial charge >= 0.3 is 0 Å². The fourth-order valence-electron chi connectivity index (χ4n) is 1.71. The Bertz CT molecular complexity index is 442. The lowest BCUT2D eigenvalue weighted by atomic mass is 10.2. The molecule has 0 saturated heterocycles. The summed E-state index contributed by atoms with van der Waals surface area (Å²) in [7, 11) is 2.16. The second-order valence-electron chi connectivity index (χ2n) is 4.23. The fraction of sp³-hybridized carbons (Fsp3) is 0.357. The molecule has 18 heavy (non-hydrogen) atoms. The van der Waals surface area contributed by atoms with E-state index in [0.717, 1.165) is 12.2 Å². The summed E-state index contributed by atoms with van der Waals surface area (Å²) < 4.78 is 1.17. The van der Waals surface area contributed by atoms with Crippen molar-refractivity contribution in [3.05, 3.63) is 41.9 Å². The van der Waals surface area contributed by atoms with Gasteiger partial charge in [-0.15, -0.1) is 11.3 Å². The zero-order valence-corrected chi connectivity index (χ0v) is 12.4. The van der Waals surface area contributed by atoms with Crippen LogP contribution in [0.4, 0.5) is 5.69 Å². The number of thiazole rings is 1. The van der Waals surface area contributed by atoms with Crippen LogP contribution in [0.15, 0.2) is 46.2 Å². The topological polar surface area (TPSA) is 16.1 Å². The van der Waals surface area contributed by atoms with Crippen molar-refractivity contribution in [2.45, 2.75) is 23.7 Å². The van der Waals surface area contributed by atoms with Gasteiger partial charge in [0.1, 0.15) is 4.34 Å². The van der Waals surface area contributed by atoms with Crippen molar-refractivity contribution in [3.8, 4) is 0 Å². The van der Waals surface area contributed by atoms with E-state index in [2.05, 4.69) is 54.2 Å². The smallest absolute Gasteiger partial charge is 0.149 e. The van der Waals surface area contributed by atoms with Crippen LogP contribution in [0.25, 0.3) is 0 Å². The molecule has 0 aliphatic heterocycles. The number of rotatable bonds is 6. The van der Waals surface area contributed by atoms with Gasteiger partial charge in [0, 0.05) is 36.1 Å². The van der Waals surface area contributed by atoms with Crippen LogP contribution in [-0.2, 0) is 0 Å². The first-order valence-electron chi connectivity index (χ1n) is 6.07. The van der Waals surface area contributed by atoms with Gasteiger partial charge in [-0.05, 0) is 25.5 Å². The third-order valence-corrected chi connectivity index (χ3v) is 4.99. The lowest BCUT2D eigenvalue weighted by molar-refractivity contribution is 0.669. The Morgan fingerprint density at radius 1 is 1.33 bits per heavy atom. The molecule has 0 aliphatic rings. The fourth-order valence-corrected chi connectivity index (χ4v) is 3.53. The first-order chi connectivity index (χ1) is 8.77. The van der Waals surface area contributed by atoms with Crippen molar-refractivity contribution < 1.29 is 0 Å². The summed E-state index contributed by atoms with van der Waals surface area (Å²) in [4.78, 5) is 6.62. The minimum absolute atomic E-state index is 0.542. The quantitative estimate of drug-likeness (QED) is 0.738. The number of benzene rings is 1. The van der Waals surface area contributed by atoms with E-state index in [1.54, 1.807) is 11.3 Å². The molecule has 0 aliphatic carbocycles. The highest BCUT2D eigenvalue weighted by Crippen LogP contribution is 2.23. The molecule has 1 aromatic heterocycles. The standard InChI is InChI=1S/C14H18N2S2/c1-12(8-10-17-14-15-9-11-18-14)16(2)13-6-4-3-5-7-13/h3-7,9,11-12H,8,10H2,1-2H3. The van der Waals surface area contributed by atoms with Crippen molar-refractivity contribution in [2.75, 3.05) is 17.7 Å². The Kier molecular flexibility index (Phi) is 5.08. The minimum Gasteiger partial charge on any atom is -0.372 e. The number of anilines is 1. The number of para-hydroxylation sites is 1. The molecule has 0 amide bonds. The van der Waals surface area contributed by atoms with E-state index in [1.807, 2.05) is 23.3 Å². The Labute approximate surface area is 117 Å². The second kappa shape index (κ2) is 6.81. The lowest BCUT2D eigenvalue weighted by Crippen LogP contribution is -2.29. The molecule has 0 fully saturated rings. The highest BCUT2D eigenvalue weighted by molar-refractivity contribution is 8.00. The van der Waals surface area contributed by atoms with Crippen LogP contribution in [0.1, 0.15) is 13.3 Å². The maximum Gasteiger partial charge on any atom is 0.149 e. The van der Waals surface area contributed by atoms with Gasteiger partial charge in [0.05, 0.1) is 0 Å². The van der Waals surface area contributed by atoms with Crippen LogP contribution >= 0.6 is 23.1 Å². The summed E-state index contributed by atoms with van der Waals surface area (Å²) >= 11 is 3.57. The molecule has 0 bridgehead atoms. The zero-order valence-electron chi connectivity index (χ0n) is 10.7. The average molecular weight is 278 g/mol. The predicted octanol–water partition coefficient (Wildman–Crippen LogP) is 4.15. The van der Waals surface area contributed by atoms with Gasteiger partial charge < -0.3 is 4.90 Å². The molecule has 1 unspecified atom stereocenters. The number of hydrogen-bond donors (Lipinski definition) is 0. The maximum absolute atomic E-state index is 4.28. The minimum atomic E-state index is 0.542. The van der Waals surface area contributed by atoms with E-state index in [0.29, 0.717) is 6.04 Å². The molecule has 0 saturated carbocycles. The van der Waals surface area contributed by atoms with Gasteiger partial charge in [0.25, 0.3) is 0 Å².